The molecule has 1 aromatic heterocycles. The van der Waals surface area contributed by atoms with Crippen LogP contribution in [0.4, 0.5) is 0 Å². The number of amides is 1. The highest BCUT2D eigenvalue weighted by Gasteiger charge is 2.16. The number of aryl methyl sites for hydroxylation is 1. The summed E-state index contributed by atoms with van der Waals surface area (Å²) in [5.74, 6) is -0.208. The lowest BCUT2D eigenvalue weighted by molar-refractivity contribution is 0.0945. The van der Waals surface area contributed by atoms with Gasteiger partial charge in [-0.05, 0) is 24.8 Å². The van der Waals surface area contributed by atoms with E-state index in [1.54, 1.807) is 6.92 Å². The average molecular weight is 243 g/mol. The highest BCUT2D eigenvalue weighted by Crippen LogP contribution is 2.26. The van der Waals surface area contributed by atoms with E-state index in [2.05, 4.69) is 5.32 Å². The fraction of sp³-hybridized carbons (Fsp3) is 0.400. The van der Waals surface area contributed by atoms with E-state index >= 15 is 0 Å². The van der Waals surface area contributed by atoms with E-state index < -0.39 is 0 Å². The molecule has 1 amide bonds. The van der Waals surface area contributed by atoms with Gasteiger partial charge in [0.25, 0.3) is 5.91 Å². The van der Waals surface area contributed by atoms with E-state index in [0.717, 1.165) is 5.56 Å². The van der Waals surface area contributed by atoms with Gasteiger partial charge < -0.3 is 5.32 Å². The zero-order valence-electron chi connectivity index (χ0n) is 8.50. The van der Waals surface area contributed by atoms with Gasteiger partial charge in [-0.15, -0.1) is 11.3 Å². The maximum absolute atomic E-state index is 11.7. The van der Waals surface area contributed by atoms with Crippen LogP contribution in [0.5, 0.6) is 0 Å². The molecular weight excluding hydrogens is 232 g/mol. The molecule has 15 heavy (non-hydrogen) atoms. The van der Waals surface area contributed by atoms with Crippen molar-refractivity contribution in [3.63, 3.8) is 0 Å². The monoisotopic (exact) mass is 242 g/mol. The van der Waals surface area contributed by atoms with Gasteiger partial charge in [-0.2, -0.15) is 5.26 Å². The SMILES string of the molecule is Cc1csc(C(=O)NC(C)CC#N)c1Cl. The van der Waals surface area contributed by atoms with Crippen molar-refractivity contribution in [2.24, 2.45) is 0 Å². The maximum atomic E-state index is 11.7. The highest BCUT2D eigenvalue weighted by atomic mass is 35.5. The molecule has 0 saturated carbocycles. The maximum Gasteiger partial charge on any atom is 0.263 e. The van der Waals surface area contributed by atoms with Crippen molar-refractivity contribution in [2.45, 2.75) is 26.3 Å². The van der Waals surface area contributed by atoms with Crippen LogP contribution in [-0.4, -0.2) is 11.9 Å². The Labute approximate surface area is 97.7 Å². The number of rotatable bonds is 3. The van der Waals surface area contributed by atoms with Crippen molar-refractivity contribution in [2.75, 3.05) is 0 Å². The van der Waals surface area contributed by atoms with Gasteiger partial charge in [-0.3, -0.25) is 4.79 Å². The molecule has 0 aliphatic carbocycles. The van der Waals surface area contributed by atoms with Crippen LogP contribution in [0.25, 0.3) is 0 Å². The topological polar surface area (TPSA) is 52.9 Å². The standard InChI is InChI=1S/C10H11ClN2OS/c1-6-5-15-9(8(6)11)10(14)13-7(2)3-4-12/h5,7H,3H2,1-2H3,(H,13,14). The third-order valence-electron chi connectivity index (χ3n) is 1.88. The van der Waals surface area contributed by atoms with Crippen LogP contribution in [0.1, 0.15) is 28.6 Å². The van der Waals surface area contributed by atoms with E-state index in [1.165, 1.54) is 11.3 Å². The number of carbonyl (C=O) groups excluding carboxylic acids is 1. The number of nitrogens with one attached hydrogen (secondary N) is 1. The first-order valence-electron chi connectivity index (χ1n) is 4.47. The molecule has 0 bridgehead atoms. The molecule has 0 fully saturated rings. The lowest BCUT2D eigenvalue weighted by Gasteiger charge is -2.09. The number of thiophene rings is 1. The number of halogens is 1. The minimum absolute atomic E-state index is 0.152. The van der Waals surface area contributed by atoms with Gasteiger partial charge in [-0.1, -0.05) is 11.6 Å². The van der Waals surface area contributed by atoms with Crippen molar-refractivity contribution < 1.29 is 4.79 Å². The molecular formula is C10H11ClN2OS. The Kier molecular flexibility index (Phi) is 4.13. The quantitative estimate of drug-likeness (QED) is 0.886. The van der Waals surface area contributed by atoms with Crippen LogP contribution < -0.4 is 5.32 Å². The number of carbonyl (C=O) groups is 1. The van der Waals surface area contributed by atoms with Crippen molar-refractivity contribution >= 4 is 28.8 Å². The molecule has 0 aliphatic rings. The van der Waals surface area contributed by atoms with Crippen molar-refractivity contribution in [1.82, 2.24) is 5.32 Å². The summed E-state index contributed by atoms with van der Waals surface area (Å²) < 4.78 is 0. The Hall–Kier alpha value is -1.05. The number of hydrogen-bond acceptors (Lipinski definition) is 3. The molecule has 3 nitrogen and oxygen atoms in total. The van der Waals surface area contributed by atoms with Gasteiger partial charge >= 0.3 is 0 Å². The van der Waals surface area contributed by atoms with Crippen molar-refractivity contribution in [3.8, 4) is 6.07 Å². The van der Waals surface area contributed by atoms with E-state index in [-0.39, 0.29) is 11.9 Å². The Balaban J connectivity index is 2.70. The Morgan fingerprint density at radius 2 is 2.47 bits per heavy atom. The summed E-state index contributed by atoms with van der Waals surface area (Å²) in [6.07, 6.45) is 0.299. The van der Waals surface area contributed by atoms with Crippen molar-refractivity contribution in [3.05, 3.63) is 20.8 Å². The first-order chi connectivity index (χ1) is 7.06. The fourth-order valence-electron chi connectivity index (χ4n) is 1.06. The zero-order valence-corrected chi connectivity index (χ0v) is 10.1. The van der Waals surface area contributed by atoms with Crippen molar-refractivity contribution in [1.29, 1.82) is 5.26 Å². The molecule has 0 saturated heterocycles. The number of nitrogens with zero attached hydrogens (tertiary/aromatic N) is 1. The molecule has 1 N–H and O–H groups in total. The molecule has 80 valence electrons. The summed E-state index contributed by atoms with van der Waals surface area (Å²) in [5, 5.41) is 13.5. The molecule has 0 aliphatic heterocycles. The molecule has 0 spiro atoms. The molecule has 1 heterocycles. The van der Waals surface area contributed by atoms with Gasteiger partial charge in [-0.25, -0.2) is 0 Å². The lowest BCUT2D eigenvalue weighted by Crippen LogP contribution is -2.31. The van der Waals surface area contributed by atoms with Crippen LogP contribution in [0.3, 0.4) is 0 Å². The van der Waals surface area contributed by atoms with Gasteiger partial charge in [0, 0.05) is 6.04 Å². The van der Waals surface area contributed by atoms with Gasteiger partial charge in [0.15, 0.2) is 0 Å². The summed E-state index contributed by atoms with van der Waals surface area (Å²) in [6, 6.07) is 1.85. The average Bonchev–Trinajstić information content (AvgIpc) is 2.48. The second-order valence-corrected chi connectivity index (χ2v) is 4.56. The third kappa shape index (κ3) is 2.95. The van der Waals surface area contributed by atoms with Crippen LogP contribution >= 0.6 is 22.9 Å². The molecule has 0 aromatic carbocycles. The first-order valence-corrected chi connectivity index (χ1v) is 5.73. The largest absolute Gasteiger partial charge is 0.348 e. The number of hydrogen-bond donors (Lipinski definition) is 1. The third-order valence-corrected chi connectivity index (χ3v) is 3.58. The Morgan fingerprint density at radius 1 is 1.80 bits per heavy atom. The molecule has 1 atom stereocenters. The lowest BCUT2D eigenvalue weighted by atomic mass is 10.2. The van der Waals surface area contributed by atoms with Crippen LogP contribution in [0.15, 0.2) is 5.38 Å². The molecule has 1 unspecified atom stereocenters. The summed E-state index contributed by atoms with van der Waals surface area (Å²) in [6.45, 7) is 3.64. The fourth-order valence-corrected chi connectivity index (χ4v) is 2.24. The van der Waals surface area contributed by atoms with Gasteiger partial charge in [0.2, 0.25) is 0 Å². The van der Waals surface area contributed by atoms with E-state index in [0.29, 0.717) is 16.3 Å². The second-order valence-electron chi connectivity index (χ2n) is 3.30. The zero-order chi connectivity index (χ0) is 11.4. The predicted molar refractivity (Wildman–Crippen MR) is 61.2 cm³/mol. The summed E-state index contributed by atoms with van der Waals surface area (Å²) in [7, 11) is 0. The molecule has 5 heteroatoms. The van der Waals surface area contributed by atoms with E-state index in [4.69, 9.17) is 16.9 Å². The normalized spacial score (nSPS) is 11.9. The van der Waals surface area contributed by atoms with Crippen LogP contribution in [-0.2, 0) is 0 Å². The minimum atomic E-state index is -0.208. The van der Waals surface area contributed by atoms with Crippen LogP contribution in [0.2, 0.25) is 5.02 Å². The minimum Gasteiger partial charge on any atom is -0.348 e. The van der Waals surface area contributed by atoms with E-state index in [1.807, 2.05) is 18.4 Å². The Bertz CT molecular complexity index is 408. The summed E-state index contributed by atoms with van der Waals surface area (Å²) in [5.41, 5.74) is 0.903. The van der Waals surface area contributed by atoms with Gasteiger partial charge in [0.05, 0.1) is 17.5 Å². The summed E-state index contributed by atoms with van der Waals surface area (Å²) >= 11 is 7.27. The van der Waals surface area contributed by atoms with Gasteiger partial charge in [0.1, 0.15) is 4.88 Å². The first kappa shape index (κ1) is 12.0. The summed E-state index contributed by atoms with van der Waals surface area (Å²) in [4.78, 5) is 12.2. The smallest absolute Gasteiger partial charge is 0.263 e. The molecule has 1 rings (SSSR count). The predicted octanol–water partition coefficient (Wildman–Crippen LogP) is 2.74. The molecule has 1 aromatic rings. The second kappa shape index (κ2) is 5.15. The highest BCUT2D eigenvalue weighted by molar-refractivity contribution is 7.13. The number of nitriles is 1. The van der Waals surface area contributed by atoms with E-state index in [9.17, 15) is 4.79 Å². The molecule has 0 radical (unpaired) electrons. The van der Waals surface area contributed by atoms with Crippen LogP contribution in [0, 0.1) is 18.3 Å². The Morgan fingerprint density at radius 3 is 2.93 bits per heavy atom.